The van der Waals surface area contributed by atoms with Crippen molar-refractivity contribution in [2.24, 2.45) is 5.73 Å². The van der Waals surface area contributed by atoms with Crippen LogP contribution in [0.25, 0.3) is 0 Å². The van der Waals surface area contributed by atoms with E-state index in [1.807, 2.05) is 25.1 Å². The average molecular weight is 259 g/mol. The molecule has 0 unspecified atom stereocenters. The molecule has 0 radical (unpaired) electrons. The fourth-order valence-corrected chi connectivity index (χ4v) is 1.82. The van der Waals surface area contributed by atoms with Gasteiger partial charge in [-0.05, 0) is 30.2 Å². The lowest BCUT2D eigenvalue weighted by Crippen LogP contribution is -2.22. The molecule has 2 N–H and O–H groups in total. The van der Waals surface area contributed by atoms with Crippen molar-refractivity contribution >= 4 is 17.2 Å². The van der Waals surface area contributed by atoms with Gasteiger partial charge in [0.05, 0.1) is 6.54 Å². The Hall–Kier alpha value is -2.01. The van der Waals surface area contributed by atoms with Crippen LogP contribution in [0.1, 0.15) is 16.7 Å². The van der Waals surface area contributed by atoms with Crippen LogP contribution >= 0.6 is 12.2 Å². The summed E-state index contributed by atoms with van der Waals surface area (Å²) in [7, 11) is 0. The van der Waals surface area contributed by atoms with Crippen molar-refractivity contribution in [1.82, 2.24) is 9.78 Å². The molecule has 2 aromatic rings. The van der Waals surface area contributed by atoms with E-state index in [-0.39, 0.29) is 5.56 Å². The molecule has 2 rings (SSSR count). The fraction of sp³-hybridized carbons (Fsp3) is 0.154. The lowest BCUT2D eigenvalue weighted by atomic mass is 10.1. The summed E-state index contributed by atoms with van der Waals surface area (Å²) in [5.41, 5.74) is 8.35. The van der Waals surface area contributed by atoms with Gasteiger partial charge in [0.15, 0.2) is 0 Å². The van der Waals surface area contributed by atoms with Crippen LogP contribution < -0.4 is 11.3 Å². The first-order valence-corrected chi connectivity index (χ1v) is 5.90. The van der Waals surface area contributed by atoms with Gasteiger partial charge < -0.3 is 5.73 Å². The van der Waals surface area contributed by atoms with Crippen molar-refractivity contribution in [3.05, 3.63) is 63.6 Å². The second kappa shape index (κ2) is 5.10. The predicted molar refractivity (Wildman–Crippen MR) is 74.7 cm³/mol. The number of hydrogen-bond donors (Lipinski definition) is 1. The number of aryl methyl sites for hydroxylation is 1. The molecular weight excluding hydrogens is 246 g/mol. The summed E-state index contributed by atoms with van der Waals surface area (Å²) in [5.74, 6) is 0. The van der Waals surface area contributed by atoms with Gasteiger partial charge in [-0.15, -0.1) is 0 Å². The van der Waals surface area contributed by atoms with E-state index < -0.39 is 0 Å². The molecule has 0 fully saturated rings. The number of aromatic nitrogens is 2. The Morgan fingerprint density at radius 2 is 2.22 bits per heavy atom. The van der Waals surface area contributed by atoms with E-state index in [1.165, 1.54) is 10.7 Å². The standard InChI is InChI=1S/C13H13N3OS/c1-9-7-10(13(14)18)4-5-11(9)8-16-12(17)3-2-6-15-16/h2-7H,8H2,1H3,(H2,14,18). The summed E-state index contributed by atoms with van der Waals surface area (Å²) in [4.78, 5) is 11.9. The van der Waals surface area contributed by atoms with Crippen LogP contribution in [0.3, 0.4) is 0 Å². The smallest absolute Gasteiger partial charge is 0.267 e. The maximum Gasteiger partial charge on any atom is 0.267 e. The lowest BCUT2D eigenvalue weighted by Gasteiger charge is -2.08. The maximum atomic E-state index is 11.6. The van der Waals surface area contributed by atoms with Crippen molar-refractivity contribution in [3.8, 4) is 0 Å². The van der Waals surface area contributed by atoms with Crippen LogP contribution in [0.2, 0.25) is 0 Å². The van der Waals surface area contributed by atoms with Crippen LogP contribution in [-0.4, -0.2) is 14.8 Å². The minimum Gasteiger partial charge on any atom is -0.389 e. The van der Waals surface area contributed by atoms with Crippen molar-refractivity contribution in [1.29, 1.82) is 0 Å². The van der Waals surface area contributed by atoms with Crippen molar-refractivity contribution < 1.29 is 0 Å². The number of rotatable bonds is 3. The molecule has 0 saturated heterocycles. The predicted octanol–water partition coefficient (Wildman–Crippen LogP) is 1.23. The molecule has 1 heterocycles. The van der Waals surface area contributed by atoms with Crippen LogP contribution in [0.15, 0.2) is 41.3 Å². The van der Waals surface area contributed by atoms with Gasteiger partial charge in [0.2, 0.25) is 0 Å². The molecule has 0 aliphatic heterocycles. The Morgan fingerprint density at radius 3 is 2.83 bits per heavy atom. The third kappa shape index (κ3) is 2.62. The third-order valence-corrected chi connectivity index (χ3v) is 2.97. The molecule has 92 valence electrons. The highest BCUT2D eigenvalue weighted by molar-refractivity contribution is 7.80. The summed E-state index contributed by atoms with van der Waals surface area (Å²) in [6, 6.07) is 8.82. The van der Waals surface area contributed by atoms with E-state index in [9.17, 15) is 4.79 Å². The Labute approximate surface area is 110 Å². The molecule has 1 aromatic carbocycles. The second-order valence-electron chi connectivity index (χ2n) is 4.03. The summed E-state index contributed by atoms with van der Waals surface area (Å²) < 4.78 is 1.42. The molecule has 0 spiro atoms. The van der Waals surface area contributed by atoms with Crippen molar-refractivity contribution in [2.75, 3.05) is 0 Å². The molecular formula is C13H13N3OS. The monoisotopic (exact) mass is 259 g/mol. The quantitative estimate of drug-likeness (QED) is 0.842. The highest BCUT2D eigenvalue weighted by atomic mass is 32.1. The largest absolute Gasteiger partial charge is 0.389 e. The Balaban J connectivity index is 2.33. The van der Waals surface area contributed by atoms with Gasteiger partial charge in [-0.25, -0.2) is 4.68 Å². The minimum absolute atomic E-state index is 0.115. The number of nitrogens with two attached hydrogens (primary N) is 1. The van der Waals surface area contributed by atoms with Gasteiger partial charge in [0.1, 0.15) is 4.99 Å². The summed E-state index contributed by atoms with van der Waals surface area (Å²) in [5, 5.41) is 4.03. The van der Waals surface area contributed by atoms with Gasteiger partial charge in [-0.2, -0.15) is 5.10 Å². The van der Waals surface area contributed by atoms with E-state index >= 15 is 0 Å². The molecule has 18 heavy (non-hydrogen) atoms. The molecule has 5 heteroatoms. The highest BCUT2D eigenvalue weighted by Gasteiger charge is 2.04. The first kappa shape index (κ1) is 12.4. The minimum atomic E-state index is -0.115. The first-order chi connectivity index (χ1) is 8.58. The topological polar surface area (TPSA) is 60.9 Å². The van der Waals surface area contributed by atoms with Crippen molar-refractivity contribution in [2.45, 2.75) is 13.5 Å². The zero-order valence-corrected chi connectivity index (χ0v) is 10.8. The molecule has 1 aromatic heterocycles. The Bertz CT molecular complexity index is 649. The van der Waals surface area contributed by atoms with E-state index in [2.05, 4.69) is 5.10 Å². The van der Waals surface area contributed by atoms with Gasteiger partial charge in [0, 0.05) is 17.8 Å². The average Bonchev–Trinajstić information content (AvgIpc) is 2.34. The molecule has 0 aliphatic rings. The van der Waals surface area contributed by atoms with Crippen LogP contribution in [-0.2, 0) is 6.54 Å². The lowest BCUT2D eigenvalue weighted by molar-refractivity contribution is 0.636. The normalized spacial score (nSPS) is 10.3. The molecule has 0 amide bonds. The maximum absolute atomic E-state index is 11.6. The second-order valence-corrected chi connectivity index (χ2v) is 4.46. The third-order valence-electron chi connectivity index (χ3n) is 2.73. The molecule has 0 atom stereocenters. The summed E-state index contributed by atoms with van der Waals surface area (Å²) in [6.07, 6.45) is 1.60. The number of benzene rings is 1. The zero-order valence-electron chi connectivity index (χ0n) is 9.96. The molecule has 0 saturated carbocycles. The van der Waals surface area contributed by atoms with E-state index in [4.69, 9.17) is 18.0 Å². The highest BCUT2D eigenvalue weighted by Crippen LogP contribution is 2.11. The van der Waals surface area contributed by atoms with Gasteiger partial charge >= 0.3 is 0 Å². The first-order valence-electron chi connectivity index (χ1n) is 5.49. The van der Waals surface area contributed by atoms with Gasteiger partial charge in [0.25, 0.3) is 5.56 Å². The van der Waals surface area contributed by atoms with Crippen LogP contribution in [0.4, 0.5) is 0 Å². The van der Waals surface area contributed by atoms with Gasteiger partial charge in [-0.1, -0.05) is 24.4 Å². The zero-order chi connectivity index (χ0) is 13.1. The van der Waals surface area contributed by atoms with E-state index in [0.29, 0.717) is 11.5 Å². The van der Waals surface area contributed by atoms with Crippen LogP contribution in [0, 0.1) is 6.92 Å². The molecule has 4 nitrogen and oxygen atoms in total. The molecule has 0 aliphatic carbocycles. The Morgan fingerprint density at radius 1 is 1.44 bits per heavy atom. The van der Waals surface area contributed by atoms with E-state index in [1.54, 1.807) is 12.3 Å². The molecule has 0 bridgehead atoms. The Kier molecular flexibility index (Phi) is 3.53. The summed E-state index contributed by atoms with van der Waals surface area (Å²) in [6.45, 7) is 2.41. The van der Waals surface area contributed by atoms with Crippen molar-refractivity contribution in [3.63, 3.8) is 0 Å². The number of thiocarbonyl (C=S) groups is 1. The number of nitrogens with zero attached hydrogens (tertiary/aromatic N) is 2. The summed E-state index contributed by atoms with van der Waals surface area (Å²) >= 11 is 4.93. The number of hydrogen-bond acceptors (Lipinski definition) is 3. The fourth-order valence-electron chi connectivity index (χ4n) is 1.69. The SMILES string of the molecule is Cc1cc(C(N)=S)ccc1Cn1ncccc1=O. The van der Waals surface area contributed by atoms with Gasteiger partial charge in [-0.3, -0.25) is 4.79 Å². The van der Waals surface area contributed by atoms with E-state index in [0.717, 1.165) is 16.7 Å². The van der Waals surface area contributed by atoms with Crippen LogP contribution in [0.5, 0.6) is 0 Å².